The van der Waals surface area contributed by atoms with E-state index >= 15 is 0 Å². The van der Waals surface area contributed by atoms with E-state index in [1.807, 2.05) is 0 Å². The lowest BCUT2D eigenvalue weighted by Crippen LogP contribution is -2.59. The van der Waals surface area contributed by atoms with Crippen LogP contribution in [0.1, 0.15) is 97.8 Å². The van der Waals surface area contributed by atoms with Crippen molar-refractivity contribution in [2.24, 2.45) is 52.1 Å². The van der Waals surface area contributed by atoms with Crippen LogP contribution in [-0.4, -0.2) is 43.4 Å². The molecule has 0 aromatic carbocycles. The van der Waals surface area contributed by atoms with Gasteiger partial charge in [-0.15, -0.1) is 0 Å². The summed E-state index contributed by atoms with van der Waals surface area (Å²) in [6, 6.07) is 0.611. The molecule has 0 saturated heterocycles. The van der Waals surface area contributed by atoms with Crippen molar-refractivity contribution in [1.29, 1.82) is 0 Å². The van der Waals surface area contributed by atoms with Crippen molar-refractivity contribution in [2.45, 2.75) is 110 Å². The third-order valence-corrected chi connectivity index (χ3v) is 11.5. The molecule has 0 spiro atoms. The molecule has 10 atom stereocenters. The van der Waals surface area contributed by atoms with Gasteiger partial charge in [0.15, 0.2) is 0 Å². The van der Waals surface area contributed by atoms with Gasteiger partial charge in [0.1, 0.15) is 0 Å². The number of ether oxygens (including phenoxy) is 1. The zero-order valence-corrected chi connectivity index (χ0v) is 22.4. The van der Waals surface area contributed by atoms with E-state index in [0.717, 1.165) is 32.4 Å². The first-order valence-electron chi connectivity index (χ1n) is 14.4. The molecule has 4 fully saturated rings. The number of aliphatic hydroxyl groups is 1. The molecule has 4 aliphatic carbocycles. The summed E-state index contributed by atoms with van der Waals surface area (Å²) in [5.74, 6) is 3.53. The number of nitrogens with two attached hydrogens (primary N) is 1. The molecule has 4 unspecified atom stereocenters. The molecule has 34 heavy (non-hydrogen) atoms. The second kappa shape index (κ2) is 10.8. The number of aliphatic hydroxyl groups excluding tert-OH is 1. The Morgan fingerprint density at radius 1 is 1.09 bits per heavy atom. The summed E-state index contributed by atoms with van der Waals surface area (Å²) in [5, 5.41) is 15.4. The number of fused-ring (bicyclic) bond motifs is 5. The van der Waals surface area contributed by atoms with E-state index in [-0.39, 0.29) is 12.1 Å². The van der Waals surface area contributed by atoms with Crippen molar-refractivity contribution in [3.63, 3.8) is 0 Å². The maximum atomic E-state index is 11.7. The van der Waals surface area contributed by atoms with Gasteiger partial charge in [0.05, 0.1) is 13.2 Å². The van der Waals surface area contributed by atoms with Crippen LogP contribution in [0.15, 0.2) is 0 Å². The van der Waals surface area contributed by atoms with Gasteiger partial charge in [0, 0.05) is 12.5 Å². The first-order valence-corrected chi connectivity index (χ1v) is 14.4. The molecule has 196 valence electrons. The zero-order valence-electron chi connectivity index (χ0n) is 22.4. The highest BCUT2D eigenvalue weighted by atomic mass is 16.5. The number of carbonyl (C=O) groups is 1. The highest BCUT2D eigenvalue weighted by Crippen LogP contribution is 2.68. The Labute approximate surface area is 208 Å². The first kappa shape index (κ1) is 26.4. The van der Waals surface area contributed by atoms with Crippen LogP contribution in [0.5, 0.6) is 0 Å². The second-order valence-electron chi connectivity index (χ2n) is 13.0. The quantitative estimate of drug-likeness (QED) is 0.325. The fraction of sp³-hybridized carbons (Fsp3) is 0.966. The molecular formula is C29H52N2O3. The molecule has 4 rings (SSSR count). The molecule has 0 amide bonds. The molecule has 0 heterocycles. The average molecular weight is 477 g/mol. The number of hydrogen-bond donors (Lipinski definition) is 3. The van der Waals surface area contributed by atoms with E-state index in [1.165, 1.54) is 58.5 Å². The first-order chi connectivity index (χ1) is 16.2. The number of rotatable bonds is 9. The average Bonchev–Trinajstić information content (AvgIpc) is 3.18. The van der Waals surface area contributed by atoms with Crippen LogP contribution in [0.3, 0.4) is 0 Å². The summed E-state index contributed by atoms with van der Waals surface area (Å²) in [4.78, 5) is 11.7. The Morgan fingerprint density at radius 3 is 2.56 bits per heavy atom. The molecule has 5 heteroatoms. The van der Waals surface area contributed by atoms with Crippen molar-refractivity contribution in [3.05, 3.63) is 0 Å². The largest absolute Gasteiger partial charge is 0.469 e. The van der Waals surface area contributed by atoms with Gasteiger partial charge in [-0.2, -0.15) is 0 Å². The highest BCUT2D eigenvalue weighted by molar-refractivity contribution is 5.69. The fourth-order valence-electron chi connectivity index (χ4n) is 9.61. The highest BCUT2D eigenvalue weighted by Gasteiger charge is 2.62. The van der Waals surface area contributed by atoms with Crippen LogP contribution in [-0.2, 0) is 9.53 Å². The monoisotopic (exact) mass is 476 g/mol. The zero-order chi connectivity index (χ0) is 24.5. The number of unbranched alkanes of at least 4 members (excludes halogenated alkanes) is 1. The third kappa shape index (κ3) is 4.83. The van der Waals surface area contributed by atoms with Gasteiger partial charge in [0.25, 0.3) is 0 Å². The van der Waals surface area contributed by atoms with Crippen LogP contribution in [0.25, 0.3) is 0 Å². The molecule has 4 saturated carbocycles. The van der Waals surface area contributed by atoms with E-state index in [1.54, 1.807) is 0 Å². The van der Waals surface area contributed by atoms with Gasteiger partial charge in [-0.1, -0.05) is 20.8 Å². The molecular weight excluding hydrogens is 424 g/mol. The Kier molecular flexibility index (Phi) is 8.36. The lowest BCUT2D eigenvalue weighted by molar-refractivity contribution is -0.167. The maximum Gasteiger partial charge on any atom is 0.305 e. The second-order valence-corrected chi connectivity index (χ2v) is 13.0. The van der Waals surface area contributed by atoms with Crippen molar-refractivity contribution >= 4 is 5.97 Å². The van der Waals surface area contributed by atoms with Gasteiger partial charge >= 0.3 is 5.97 Å². The molecule has 0 aromatic heterocycles. The summed E-state index contributed by atoms with van der Waals surface area (Å²) in [6.07, 6.45) is 13.5. The maximum absolute atomic E-state index is 11.7. The number of nitrogens with one attached hydrogen (secondary N) is 1. The van der Waals surface area contributed by atoms with Crippen LogP contribution in [0, 0.1) is 46.3 Å². The molecule has 4 N–H and O–H groups in total. The molecule has 0 radical (unpaired) electrons. The summed E-state index contributed by atoms with van der Waals surface area (Å²) < 4.78 is 4.90. The topological polar surface area (TPSA) is 84.6 Å². The van der Waals surface area contributed by atoms with Gasteiger partial charge in [-0.3, -0.25) is 4.79 Å². The minimum absolute atomic E-state index is 0.0820. The predicted octanol–water partition coefficient (Wildman–Crippen LogP) is 4.90. The lowest BCUT2D eigenvalue weighted by atomic mass is 9.43. The minimum atomic E-state index is -0.146. The van der Waals surface area contributed by atoms with Crippen LogP contribution in [0.2, 0.25) is 0 Å². The summed E-state index contributed by atoms with van der Waals surface area (Å²) in [6.45, 7) is 9.33. The van der Waals surface area contributed by atoms with Crippen molar-refractivity contribution in [1.82, 2.24) is 5.32 Å². The SMILES string of the molecule is COC(=O)CC[C@@H](C)C1CCC2C3C(CC[C@@]21C)[C@@]1(C)CC[C@H](NCCCCN)C[C@@H]1C[C@H]3O. The van der Waals surface area contributed by atoms with Gasteiger partial charge in [-0.25, -0.2) is 0 Å². The summed E-state index contributed by atoms with van der Waals surface area (Å²) in [7, 11) is 1.49. The van der Waals surface area contributed by atoms with Crippen molar-refractivity contribution in [2.75, 3.05) is 20.2 Å². The van der Waals surface area contributed by atoms with Gasteiger partial charge < -0.3 is 20.9 Å². The molecule has 5 nitrogen and oxygen atoms in total. The fourth-order valence-corrected chi connectivity index (χ4v) is 9.61. The third-order valence-electron chi connectivity index (χ3n) is 11.5. The Balaban J connectivity index is 1.42. The van der Waals surface area contributed by atoms with Crippen LogP contribution < -0.4 is 11.1 Å². The minimum Gasteiger partial charge on any atom is -0.469 e. The predicted molar refractivity (Wildman–Crippen MR) is 137 cm³/mol. The van der Waals surface area contributed by atoms with E-state index in [2.05, 4.69) is 26.1 Å². The summed E-state index contributed by atoms with van der Waals surface area (Å²) >= 11 is 0. The standard InChI is InChI=1S/C29H52N2O3/c1-19(7-10-26(33)34-4)22-8-9-23-27-24(12-14-29(22,23)3)28(2)13-11-21(31-16-6-5-15-30)17-20(28)18-25(27)32/h19-25,27,31-32H,5-18,30H2,1-4H3/t19-,20-,21+,22?,23?,24?,25-,27?,28+,29-/m1/s1. The van der Waals surface area contributed by atoms with E-state index in [9.17, 15) is 9.90 Å². The Morgan fingerprint density at radius 2 is 1.82 bits per heavy atom. The van der Waals surface area contributed by atoms with Crippen LogP contribution >= 0.6 is 0 Å². The van der Waals surface area contributed by atoms with E-state index in [4.69, 9.17) is 10.5 Å². The summed E-state index contributed by atoms with van der Waals surface area (Å²) in [5.41, 5.74) is 6.35. The number of methoxy groups -OCH3 is 1. The van der Waals surface area contributed by atoms with Gasteiger partial charge in [-0.05, 0) is 130 Å². The van der Waals surface area contributed by atoms with Crippen molar-refractivity contribution < 1.29 is 14.6 Å². The number of carbonyl (C=O) groups excluding carboxylic acids is 1. The molecule has 4 aliphatic rings. The molecule has 0 aliphatic heterocycles. The molecule has 0 aromatic rings. The van der Waals surface area contributed by atoms with E-state index < -0.39 is 0 Å². The Bertz CT molecular complexity index is 701. The lowest BCUT2D eigenvalue weighted by Gasteiger charge is -2.62. The van der Waals surface area contributed by atoms with Gasteiger partial charge in [0.2, 0.25) is 0 Å². The normalized spacial score (nSPS) is 44.6. The number of esters is 1. The van der Waals surface area contributed by atoms with Crippen LogP contribution in [0.4, 0.5) is 0 Å². The smallest absolute Gasteiger partial charge is 0.305 e. The Hall–Kier alpha value is -0.650. The number of hydrogen-bond acceptors (Lipinski definition) is 5. The van der Waals surface area contributed by atoms with E-state index in [0.29, 0.717) is 58.8 Å². The molecule has 0 bridgehead atoms. The van der Waals surface area contributed by atoms with Crippen molar-refractivity contribution in [3.8, 4) is 0 Å².